The molecule has 0 bridgehead atoms. The first kappa shape index (κ1) is 11.9. The van der Waals surface area contributed by atoms with Crippen LogP contribution in [0.4, 0.5) is 0 Å². The van der Waals surface area contributed by atoms with E-state index in [-0.39, 0.29) is 11.3 Å². The highest BCUT2D eigenvalue weighted by Gasteiger charge is 2.20. The van der Waals surface area contributed by atoms with E-state index in [2.05, 4.69) is 0 Å². The summed E-state index contributed by atoms with van der Waals surface area (Å²) in [5.41, 5.74) is 0.649. The van der Waals surface area contributed by atoms with Gasteiger partial charge in [-0.1, -0.05) is 25.1 Å². The Hall–Kier alpha value is -1.62. The molecule has 2 rings (SSSR count). The Morgan fingerprint density at radius 3 is 2.76 bits per heavy atom. The number of hydrogen-bond donors (Lipinski definition) is 1. The fraction of sp³-hybridized carbons (Fsp3) is 0.250. The standard InChI is InChI=1S/C12H12O4S/c1-2-17(15)7-10-11(12(13)14)8-5-3-4-6-9(8)16-10/h3-6H,2,7H2,1H3,(H,13,14). The minimum atomic E-state index is -1.09. The molecule has 2 aromatic rings. The fourth-order valence-electron chi connectivity index (χ4n) is 1.68. The van der Waals surface area contributed by atoms with Crippen LogP contribution in [0.5, 0.6) is 0 Å². The molecule has 0 radical (unpaired) electrons. The number of para-hydroxylation sites is 1. The molecule has 1 aromatic carbocycles. The van der Waals surface area contributed by atoms with Crippen molar-refractivity contribution >= 4 is 27.7 Å². The number of fused-ring (bicyclic) bond motifs is 1. The van der Waals surface area contributed by atoms with Gasteiger partial charge in [0.2, 0.25) is 0 Å². The van der Waals surface area contributed by atoms with Gasteiger partial charge in [-0.25, -0.2) is 4.79 Å². The molecule has 1 heterocycles. The monoisotopic (exact) mass is 252 g/mol. The van der Waals surface area contributed by atoms with Gasteiger partial charge in [-0.15, -0.1) is 0 Å². The molecular formula is C12H12O4S. The van der Waals surface area contributed by atoms with E-state index in [9.17, 15) is 14.1 Å². The van der Waals surface area contributed by atoms with Gasteiger partial charge in [0.15, 0.2) is 0 Å². The highest BCUT2D eigenvalue weighted by Crippen LogP contribution is 2.26. The van der Waals surface area contributed by atoms with Crippen molar-refractivity contribution in [2.24, 2.45) is 0 Å². The number of carboxylic acid groups (broad SMARTS) is 1. The molecule has 0 spiro atoms. The molecular weight excluding hydrogens is 240 g/mol. The van der Waals surface area contributed by atoms with Crippen molar-refractivity contribution < 1.29 is 18.5 Å². The predicted molar refractivity (Wildman–Crippen MR) is 65.6 cm³/mol. The van der Waals surface area contributed by atoms with E-state index in [0.29, 0.717) is 22.5 Å². The zero-order valence-electron chi connectivity index (χ0n) is 9.30. The lowest BCUT2D eigenvalue weighted by Gasteiger charge is -1.97. The van der Waals surface area contributed by atoms with Gasteiger partial charge in [0.1, 0.15) is 16.9 Å². The van der Waals surface area contributed by atoms with Crippen molar-refractivity contribution in [3.63, 3.8) is 0 Å². The van der Waals surface area contributed by atoms with Gasteiger partial charge in [0, 0.05) is 21.9 Å². The summed E-state index contributed by atoms with van der Waals surface area (Å²) in [7, 11) is -1.09. The van der Waals surface area contributed by atoms with E-state index in [1.165, 1.54) is 0 Å². The summed E-state index contributed by atoms with van der Waals surface area (Å²) in [6, 6.07) is 6.93. The minimum absolute atomic E-state index is 0.127. The zero-order valence-corrected chi connectivity index (χ0v) is 10.1. The van der Waals surface area contributed by atoms with Crippen LogP contribution in [0.3, 0.4) is 0 Å². The largest absolute Gasteiger partial charge is 0.478 e. The zero-order chi connectivity index (χ0) is 12.4. The van der Waals surface area contributed by atoms with Crippen molar-refractivity contribution in [2.75, 3.05) is 5.75 Å². The lowest BCUT2D eigenvalue weighted by Crippen LogP contribution is -2.03. The first-order valence-corrected chi connectivity index (χ1v) is 6.71. The quantitative estimate of drug-likeness (QED) is 0.907. The molecule has 1 unspecified atom stereocenters. The lowest BCUT2D eigenvalue weighted by molar-refractivity contribution is 0.0697. The second-order valence-corrected chi connectivity index (χ2v) is 5.32. The maximum absolute atomic E-state index is 11.5. The summed E-state index contributed by atoms with van der Waals surface area (Å²) in [6.45, 7) is 1.79. The average molecular weight is 252 g/mol. The van der Waals surface area contributed by atoms with Gasteiger partial charge in [-0.05, 0) is 6.07 Å². The Bertz CT molecular complexity index is 585. The Morgan fingerprint density at radius 2 is 2.12 bits per heavy atom. The van der Waals surface area contributed by atoms with Crippen LogP contribution in [0, 0.1) is 0 Å². The highest BCUT2D eigenvalue weighted by molar-refractivity contribution is 7.84. The third kappa shape index (κ3) is 2.24. The average Bonchev–Trinajstić information content (AvgIpc) is 2.66. The van der Waals surface area contributed by atoms with E-state index in [1.807, 2.05) is 0 Å². The molecule has 0 saturated heterocycles. The van der Waals surface area contributed by atoms with Gasteiger partial charge in [-0.3, -0.25) is 4.21 Å². The van der Waals surface area contributed by atoms with Crippen molar-refractivity contribution in [2.45, 2.75) is 12.7 Å². The molecule has 0 saturated carbocycles. The van der Waals surface area contributed by atoms with Gasteiger partial charge < -0.3 is 9.52 Å². The van der Waals surface area contributed by atoms with Gasteiger partial charge in [-0.2, -0.15) is 0 Å². The topological polar surface area (TPSA) is 67.5 Å². The Morgan fingerprint density at radius 1 is 1.41 bits per heavy atom. The fourth-order valence-corrected chi connectivity index (χ4v) is 2.38. The number of rotatable bonds is 4. The molecule has 0 aliphatic carbocycles. The second-order valence-electron chi connectivity index (χ2n) is 3.57. The maximum atomic E-state index is 11.5. The highest BCUT2D eigenvalue weighted by atomic mass is 32.2. The van der Waals surface area contributed by atoms with Crippen molar-refractivity contribution in [3.8, 4) is 0 Å². The number of carbonyl (C=O) groups is 1. The van der Waals surface area contributed by atoms with Crippen LogP contribution in [0.25, 0.3) is 11.0 Å². The minimum Gasteiger partial charge on any atom is -0.478 e. The molecule has 0 fully saturated rings. The first-order chi connectivity index (χ1) is 8.13. The molecule has 5 heteroatoms. The van der Waals surface area contributed by atoms with Crippen LogP contribution in [-0.2, 0) is 16.6 Å². The van der Waals surface area contributed by atoms with Crippen LogP contribution in [0.15, 0.2) is 28.7 Å². The smallest absolute Gasteiger partial charge is 0.339 e. The van der Waals surface area contributed by atoms with E-state index in [4.69, 9.17) is 4.42 Å². The van der Waals surface area contributed by atoms with Crippen molar-refractivity contribution in [1.29, 1.82) is 0 Å². The predicted octanol–water partition coefficient (Wildman–Crippen LogP) is 2.40. The molecule has 17 heavy (non-hydrogen) atoms. The molecule has 0 amide bonds. The number of benzene rings is 1. The first-order valence-electron chi connectivity index (χ1n) is 5.22. The second kappa shape index (κ2) is 4.71. The van der Waals surface area contributed by atoms with Crippen molar-refractivity contribution in [3.05, 3.63) is 35.6 Å². The summed E-state index contributed by atoms with van der Waals surface area (Å²) in [5, 5.41) is 9.74. The van der Waals surface area contributed by atoms with Crippen LogP contribution in [-0.4, -0.2) is 21.0 Å². The Kier molecular flexibility index (Phi) is 3.28. The molecule has 0 aliphatic heterocycles. The summed E-state index contributed by atoms with van der Waals surface area (Å²) >= 11 is 0. The number of furan rings is 1. The Balaban J connectivity index is 2.57. The lowest BCUT2D eigenvalue weighted by atomic mass is 10.1. The van der Waals surface area contributed by atoms with Crippen LogP contribution < -0.4 is 0 Å². The number of carboxylic acids is 1. The summed E-state index contributed by atoms with van der Waals surface area (Å²) < 4.78 is 17.0. The SMILES string of the molecule is CCS(=O)Cc1oc2ccccc2c1C(=O)O. The maximum Gasteiger partial charge on any atom is 0.339 e. The molecule has 90 valence electrons. The third-order valence-corrected chi connectivity index (χ3v) is 3.72. The molecule has 1 N–H and O–H groups in total. The summed E-state index contributed by atoms with van der Waals surface area (Å²) in [4.78, 5) is 11.2. The molecule has 1 aromatic heterocycles. The van der Waals surface area contributed by atoms with Crippen LogP contribution in [0.1, 0.15) is 23.0 Å². The number of hydrogen-bond acceptors (Lipinski definition) is 3. The van der Waals surface area contributed by atoms with Gasteiger partial charge in [0.25, 0.3) is 0 Å². The summed E-state index contributed by atoms with van der Waals surface area (Å²) in [6.07, 6.45) is 0. The Labute approximate surface area is 101 Å². The van der Waals surface area contributed by atoms with E-state index >= 15 is 0 Å². The third-order valence-electron chi connectivity index (χ3n) is 2.50. The van der Waals surface area contributed by atoms with Crippen LogP contribution in [0.2, 0.25) is 0 Å². The van der Waals surface area contributed by atoms with E-state index < -0.39 is 16.8 Å². The summed E-state index contributed by atoms with van der Waals surface area (Å²) in [5.74, 6) is -0.125. The van der Waals surface area contributed by atoms with Crippen LogP contribution >= 0.6 is 0 Å². The van der Waals surface area contributed by atoms with E-state index in [1.54, 1.807) is 31.2 Å². The molecule has 4 nitrogen and oxygen atoms in total. The van der Waals surface area contributed by atoms with E-state index in [0.717, 1.165) is 0 Å². The van der Waals surface area contributed by atoms with Gasteiger partial charge >= 0.3 is 5.97 Å². The molecule has 0 aliphatic rings. The van der Waals surface area contributed by atoms with Gasteiger partial charge in [0.05, 0.1) is 5.75 Å². The normalized spacial score (nSPS) is 12.8. The number of aromatic carboxylic acids is 1. The molecule has 1 atom stereocenters. The van der Waals surface area contributed by atoms with Crippen molar-refractivity contribution in [1.82, 2.24) is 0 Å².